The first kappa shape index (κ1) is 14.4. The van der Waals surface area contributed by atoms with Crippen molar-refractivity contribution in [1.82, 2.24) is 5.32 Å². The van der Waals surface area contributed by atoms with Crippen LogP contribution in [0.3, 0.4) is 0 Å². The second kappa shape index (κ2) is 6.08. The van der Waals surface area contributed by atoms with Crippen molar-refractivity contribution in [3.8, 4) is 0 Å². The first-order valence-corrected chi connectivity index (χ1v) is 5.27. The minimum Gasteiger partial charge on any atom is -0.391 e. The number of ether oxygens (including phenoxy) is 1. The summed E-state index contributed by atoms with van der Waals surface area (Å²) in [6.07, 6.45) is -0.150. The third kappa shape index (κ3) is 5.74. The fraction of sp³-hybridized carbons (Fsp3) is 0.909. The van der Waals surface area contributed by atoms with Gasteiger partial charge in [0.15, 0.2) is 0 Å². The lowest BCUT2D eigenvalue weighted by Crippen LogP contribution is -2.51. The van der Waals surface area contributed by atoms with E-state index >= 15 is 0 Å². The molecule has 90 valence electrons. The predicted octanol–water partition coefficient (Wildman–Crippen LogP) is 0.935. The Bertz CT molecular complexity index is 202. The molecule has 2 unspecified atom stereocenters. The summed E-state index contributed by atoms with van der Waals surface area (Å²) >= 11 is 0. The maximum atomic E-state index is 11.6. The van der Waals surface area contributed by atoms with E-state index in [0.717, 1.165) is 0 Å². The molecule has 0 radical (unpaired) electrons. The van der Waals surface area contributed by atoms with Crippen LogP contribution < -0.4 is 5.32 Å². The number of methoxy groups -OCH3 is 1. The van der Waals surface area contributed by atoms with Gasteiger partial charge in [0.1, 0.15) is 0 Å². The normalized spacial score (nSPS) is 15.9. The molecule has 0 saturated heterocycles. The van der Waals surface area contributed by atoms with Gasteiger partial charge in [0, 0.05) is 20.1 Å². The van der Waals surface area contributed by atoms with Gasteiger partial charge in [-0.1, -0.05) is 6.92 Å². The number of nitrogens with one attached hydrogen (secondary N) is 1. The number of amides is 1. The summed E-state index contributed by atoms with van der Waals surface area (Å²) in [4.78, 5) is 11.6. The van der Waals surface area contributed by atoms with Crippen molar-refractivity contribution < 1.29 is 14.6 Å². The maximum absolute atomic E-state index is 11.6. The molecule has 2 atom stereocenters. The zero-order valence-corrected chi connectivity index (χ0v) is 10.3. The number of hydrogen-bond acceptors (Lipinski definition) is 3. The molecule has 0 aromatic carbocycles. The Kier molecular flexibility index (Phi) is 5.83. The molecule has 4 nitrogen and oxygen atoms in total. The van der Waals surface area contributed by atoms with Crippen molar-refractivity contribution in [2.24, 2.45) is 5.92 Å². The second-order valence-corrected chi connectivity index (χ2v) is 4.71. The molecule has 0 aliphatic heterocycles. The van der Waals surface area contributed by atoms with Crippen LogP contribution in [-0.4, -0.2) is 36.4 Å². The van der Waals surface area contributed by atoms with Crippen LogP contribution in [0.2, 0.25) is 0 Å². The Labute approximate surface area is 92.0 Å². The van der Waals surface area contributed by atoms with Crippen molar-refractivity contribution in [2.75, 3.05) is 13.7 Å². The van der Waals surface area contributed by atoms with Gasteiger partial charge in [-0.2, -0.15) is 0 Å². The highest BCUT2D eigenvalue weighted by atomic mass is 16.5. The van der Waals surface area contributed by atoms with E-state index in [-0.39, 0.29) is 11.8 Å². The number of aliphatic hydroxyl groups excluding tert-OH is 1. The van der Waals surface area contributed by atoms with E-state index in [9.17, 15) is 9.90 Å². The highest BCUT2D eigenvalue weighted by Crippen LogP contribution is 2.10. The van der Waals surface area contributed by atoms with Crippen LogP contribution in [0, 0.1) is 5.92 Å². The number of carbonyl (C=O) groups is 1. The number of aliphatic hydroxyl groups is 1. The van der Waals surface area contributed by atoms with Gasteiger partial charge in [-0.25, -0.2) is 0 Å². The van der Waals surface area contributed by atoms with E-state index in [1.807, 2.05) is 6.92 Å². The molecule has 0 spiro atoms. The average Bonchev–Trinajstić information content (AvgIpc) is 2.02. The van der Waals surface area contributed by atoms with Gasteiger partial charge >= 0.3 is 0 Å². The zero-order chi connectivity index (χ0) is 12.1. The first-order valence-electron chi connectivity index (χ1n) is 5.27. The molecule has 0 aliphatic carbocycles. The second-order valence-electron chi connectivity index (χ2n) is 4.71. The van der Waals surface area contributed by atoms with Gasteiger partial charge in [0.25, 0.3) is 0 Å². The fourth-order valence-corrected chi connectivity index (χ4v) is 1.17. The lowest BCUT2D eigenvalue weighted by atomic mass is 9.98. The summed E-state index contributed by atoms with van der Waals surface area (Å²) in [5.74, 6) is 0.144. The van der Waals surface area contributed by atoms with Crippen molar-refractivity contribution in [2.45, 2.75) is 45.8 Å². The van der Waals surface area contributed by atoms with Crippen LogP contribution in [0.15, 0.2) is 0 Å². The summed E-state index contributed by atoms with van der Waals surface area (Å²) in [5, 5.41) is 12.2. The van der Waals surface area contributed by atoms with E-state index in [1.165, 1.54) is 0 Å². The van der Waals surface area contributed by atoms with Crippen LogP contribution in [0.5, 0.6) is 0 Å². The van der Waals surface area contributed by atoms with Gasteiger partial charge in [-0.3, -0.25) is 4.79 Å². The monoisotopic (exact) mass is 217 g/mol. The molecular weight excluding hydrogens is 194 g/mol. The Hall–Kier alpha value is -0.610. The fourth-order valence-electron chi connectivity index (χ4n) is 1.17. The van der Waals surface area contributed by atoms with Crippen molar-refractivity contribution in [3.05, 3.63) is 0 Å². The molecule has 15 heavy (non-hydrogen) atoms. The Morgan fingerprint density at radius 2 is 2.00 bits per heavy atom. The summed E-state index contributed by atoms with van der Waals surface area (Å²) in [6.45, 7) is 7.80. The van der Waals surface area contributed by atoms with Crippen molar-refractivity contribution >= 4 is 5.91 Å². The van der Waals surface area contributed by atoms with E-state index in [1.54, 1.807) is 27.9 Å². The highest BCUT2D eigenvalue weighted by molar-refractivity contribution is 5.77. The molecule has 0 aliphatic rings. The van der Waals surface area contributed by atoms with E-state index in [0.29, 0.717) is 13.0 Å². The third-order valence-corrected chi connectivity index (χ3v) is 2.49. The third-order valence-electron chi connectivity index (χ3n) is 2.49. The number of hydrogen-bond donors (Lipinski definition) is 2. The van der Waals surface area contributed by atoms with Gasteiger partial charge < -0.3 is 15.2 Å². The molecule has 0 fully saturated rings. The maximum Gasteiger partial charge on any atom is 0.220 e. The van der Waals surface area contributed by atoms with E-state index in [4.69, 9.17) is 4.74 Å². The van der Waals surface area contributed by atoms with Crippen LogP contribution in [-0.2, 0) is 9.53 Å². The molecule has 0 aromatic heterocycles. The summed E-state index contributed by atoms with van der Waals surface area (Å²) in [7, 11) is 1.62. The van der Waals surface area contributed by atoms with Gasteiger partial charge in [-0.05, 0) is 26.7 Å². The quantitative estimate of drug-likeness (QED) is 0.696. The first-order chi connectivity index (χ1) is 6.79. The molecule has 4 heteroatoms. The molecule has 0 heterocycles. The van der Waals surface area contributed by atoms with Crippen molar-refractivity contribution in [1.29, 1.82) is 0 Å². The SMILES string of the molecule is COCC(C)CC(=O)NC(C)(C)C(C)O. The van der Waals surface area contributed by atoms with Gasteiger partial charge in [0.2, 0.25) is 5.91 Å². The predicted molar refractivity (Wildman–Crippen MR) is 59.6 cm³/mol. The average molecular weight is 217 g/mol. The number of rotatable bonds is 6. The van der Waals surface area contributed by atoms with Gasteiger partial charge in [0.05, 0.1) is 11.6 Å². The molecule has 0 saturated carbocycles. The molecule has 0 aromatic rings. The van der Waals surface area contributed by atoms with Gasteiger partial charge in [-0.15, -0.1) is 0 Å². The summed E-state index contributed by atoms with van der Waals surface area (Å²) in [6, 6.07) is 0. The molecule has 2 N–H and O–H groups in total. The molecular formula is C11H23NO3. The minimum absolute atomic E-state index is 0.0505. The largest absolute Gasteiger partial charge is 0.391 e. The van der Waals surface area contributed by atoms with Crippen LogP contribution in [0.25, 0.3) is 0 Å². The van der Waals surface area contributed by atoms with Crippen LogP contribution in [0.4, 0.5) is 0 Å². The van der Waals surface area contributed by atoms with E-state index < -0.39 is 11.6 Å². The highest BCUT2D eigenvalue weighted by Gasteiger charge is 2.26. The molecule has 1 amide bonds. The standard InChI is InChI=1S/C11H23NO3/c1-8(7-15-5)6-10(14)12-11(3,4)9(2)13/h8-9,13H,6-7H2,1-5H3,(H,12,14). The smallest absolute Gasteiger partial charge is 0.220 e. The molecule has 0 rings (SSSR count). The molecule has 0 bridgehead atoms. The lowest BCUT2D eigenvalue weighted by Gasteiger charge is -2.29. The summed E-state index contributed by atoms with van der Waals surface area (Å²) < 4.78 is 4.95. The Morgan fingerprint density at radius 1 is 1.47 bits per heavy atom. The zero-order valence-electron chi connectivity index (χ0n) is 10.3. The lowest BCUT2D eigenvalue weighted by molar-refractivity contribution is -0.125. The minimum atomic E-state index is -0.579. The number of carbonyl (C=O) groups excluding carboxylic acids is 1. The Morgan fingerprint density at radius 3 is 2.40 bits per heavy atom. The topological polar surface area (TPSA) is 58.6 Å². The van der Waals surface area contributed by atoms with Crippen LogP contribution in [0.1, 0.15) is 34.1 Å². The van der Waals surface area contributed by atoms with E-state index in [2.05, 4.69) is 5.32 Å². The van der Waals surface area contributed by atoms with Crippen molar-refractivity contribution in [3.63, 3.8) is 0 Å². The Balaban J connectivity index is 4.03. The summed E-state index contributed by atoms with van der Waals surface area (Å²) in [5.41, 5.74) is -0.579. The van der Waals surface area contributed by atoms with Crippen LogP contribution >= 0.6 is 0 Å².